The predicted octanol–water partition coefficient (Wildman–Crippen LogP) is -0.402. The molecule has 0 amide bonds. The lowest BCUT2D eigenvalue weighted by Crippen LogP contribution is -2.46. The van der Waals surface area contributed by atoms with E-state index in [1.54, 1.807) is 7.11 Å². The van der Waals surface area contributed by atoms with Crippen LogP contribution >= 0.6 is 0 Å². The molecule has 1 aliphatic heterocycles. The van der Waals surface area contributed by atoms with Gasteiger partial charge in [0, 0.05) is 32.8 Å². The molecule has 0 aromatic carbocycles. The molecule has 0 aliphatic carbocycles. The van der Waals surface area contributed by atoms with Gasteiger partial charge in [-0.2, -0.15) is 0 Å². The van der Waals surface area contributed by atoms with E-state index in [4.69, 9.17) is 10.5 Å². The molecule has 1 heterocycles. The number of methoxy groups -OCH3 is 1. The fourth-order valence-electron chi connectivity index (χ4n) is 2.02. The van der Waals surface area contributed by atoms with Gasteiger partial charge in [-0.1, -0.05) is 0 Å². The highest BCUT2D eigenvalue weighted by Gasteiger charge is 2.21. The van der Waals surface area contributed by atoms with Crippen molar-refractivity contribution in [1.29, 1.82) is 0 Å². The maximum absolute atomic E-state index is 5.79. The molecule has 1 fully saturated rings. The molecule has 0 spiro atoms. The summed E-state index contributed by atoms with van der Waals surface area (Å²) in [4.78, 5) is 4.82. The van der Waals surface area contributed by atoms with Crippen LogP contribution in [0, 0.1) is 0 Å². The average Bonchev–Trinajstić information content (AvgIpc) is 2.36. The maximum Gasteiger partial charge on any atom is 0.0589 e. The Bertz CT molecular complexity index is 152. The van der Waals surface area contributed by atoms with Gasteiger partial charge in [-0.15, -0.1) is 0 Å². The van der Waals surface area contributed by atoms with E-state index in [2.05, 4.69) is 16.8 Å². The lowest BCUT2D eigenvalue weighted by molar-refractivity contribution is 0.121. The summed E-state index contributed by atoms with van der Waals surface area (Å²) in [7, 11) is 3.92. The Kier molecular flexibility index (Phi) is 5.40. The Labute approximate surface area is 87.0 Å². The van der Waals surface area contributed by atoms with E-state index in [0.717, 1.165) is 32.8 Å². The molecular weight excluding hydrogens is 178 g/mol. The SMILES string of the molecule is COCCN1CCCN(C)CC1CN. The zero-order valence-corrected chi connectivity index (χ0v) is 9.41. The van der Waals surface area contributed by atoms with E-state index in [1.165, 1.54) is 13.0 Å². The van der Waals surface area contributed by atoms with Crippen molar-refractivity contribution in [2.45, 2.75) is 12.5 Å². The standard InChI is InChI=1S/C10H23N3O/c1-12-4-3-5-13(6-7-14-2)10(8-11)9-12/h10H,3-9,11H2,1-2H3. The number of rotatable bonds is 4. The second-order valence-corrected chi connectivity index (χ2v) is 4.03. The maximum atomic E-state index is 5.79. The Morgan fingerprint density at radius 2 is 2.21 bits per heavy atom. The molecule has 1 saturated heterocycles. The summed E-state index contributed by atoms with van der Waals surface area (Å²) in [6.45, 7) is 5.97. The number of nitrogens with two attached hydrogens (primary N) is 1. The summed E-state index contributed by atoms with van der Waals surface area (Å²) >= 11 is 0. The Balaban J connectivity index is 2.43. The van der Waals surface area contributed by atoms with Crippen LogP contribution in [0.15, 0.2) is 0 Å². The molecular formula is C10H23N3O. The molecule has 0 radical (unpaired) electrons. The minimum absolute atomic E-state index is 0.498. The van der Waals surface area contributed by atoms with E-state index >= 15 is 0 Å². The third kappa shape index (κ3) is 3.53. The largest absolute Gasteiger partial charge is 0.383 e. The number of nitrogens with zero attached hydrogens (tertiary/aromatic N) is 2. The van der Waals surface area contributed by atoms with Gasteiger partial charge >= 0.3 is 0 Å². The summed E-state index contributed by atoms with van der Waals surface area (Å²) in [6.07, 6.45) is 1.23. The molecule has 14 heavy (non-hydrogen) atoms. The van der Waals surface area contributed by atoms with Gasteiger partial charge in [-0.05, 0) is 26.6 Å². The van der Waals surface area contributed by atoms with Crippen molar-refractivity contribution in [3.8, 4) is 0 Å². The van der Waals surface area contributed by atoms with Crippen LogP contribution in [0.5, 0.6) is 0 Å². The van der Waals surface area contributed by atoms with Gasteiger partial charge in [0.1, 0.15) is 0 Å². The van der Waals surface area contributed by atoms with Crippen molar-refractivity contribution in [3.63, 3.8) is 0 Å². The molecule has 1 aliphatic rings. The molecule has 4 nitrogen and oxygen atoms in total. The highest BCUT2D eigenvalue weighted by atomic mass is 16.5. The molecule has 0 aromatic rings. The van der Waals surface area contributed by atoms with Crippen LogP contribution in [0.2, 0.25) is 0 Å². The van der Waals surface area contributed by atoms with Crippen molar-refractivity contribution in [2.24, 2.45) is 5.73 Å². The van der Waals surface area contributed by atoms with E-state index in [-0.39, 0.29) is 0 Å². The lowest BCUT2D eigenvalue weighted by atomic mass is 10.2. The Morgan fingerprint density at radius 1 is 1.43 bits per heavy atom. The summed E-state index contributed by atoms with van der Waals surface area (Å²) in [5.41, 5.74) is 5.79. The van der Waals surface area contributed by atoms with Gasteiger partial charge in [0.25, 0.3) is 0 Å². The predicted molar refractivity (Wildman–Crippen MR) is 58.4 cm³/mol. The van der Waals surface area contributed by atoms with Crippen molar-refractivity contribution in [3.05, 3.63) is 0 Å². The van der Waals surface area contributed by atoms with Crippen LogP contribution in [0.4, 0.5) is 0 Å². The summed E-state index contributed by atoms with van der Waals surface area (Å²) in [6, 6.07) is 0.498. The van der Waals surface area contributed by atoms with Crippen molar-refractivity contribution < 1.29 is 4.74 Å². The van der Waals surface area contributed by atoms with Crippen molar-refractivity contribution in [1.82, 2.24) is 9.80 Å². The topological polar surface area (TPSA) is 41.7 Å². The molecule has 0 aromatic heterocycles. The number of hydrogen-bond acceptors (Lipinski definition) is 4. The Hall–Kier alpha value is -0.160. The number of hydrogen-bond donors (Lipinski definition) is 1. The monoisotopic (exact) mass is 201 g/mol. The second-order valence-electron chi connectivity index (χ2n) is 4.03. The van der Waals surface area contributed by atoms with E-state index in [9.17, 15) is 0 Å². The highest BCUT2D eigenvalue weighted by Crippen LogP contribution is 2.07. The zero-order valence-electron chi connectivity index (χ0n) is 9.41. The molecule has 0 saturated carbocycles. The normalized spacial score (nSPS) is 26.4. The van der Waals surface area contributed by atoms with Gasteiger partial charge in [-0.25, -0.2) is 0 Å². The molecule has 1 unspecified atom stereocenters. The fourth-order valence-corrected chi connectivity index (χ4v) is 2.02. The minimum atomic E-state index is 0.498. The second kappa shape index (κ2) is 6.35. The van der Waals surface area contributed by atoms with Gasteiger partial charge in [0.05, 0.1) is 6.61 Å². The number of ether oxygens (including phenoxy) is 1. The first-order valence-electron chi connectivity index (χ1n) is 5.39. The third-order valence-electron chi connectivity index (χ3n) is 2.88. The van der Waals surface area contributed by atoms with Gasteiger partial charge in [0.2, 0.25) is 0 Å². The van der Waals surface area contributed by atoms with Crippen LogP contribution in [0.1, 0.15) is 6.42 Å². The van der Waals surface area contributed by atoms with Crippen molar-refractivity contribution in [2.75, 3.05) is 53.5 Å². The first kappa shape index (κ1) is 11.9. The molecule has 2 N–H and O–H groups in total. The molecule has 84 valence electrons. The van der Waals surface area contributed by atoms with Crippen LogP contribution in [-0.4, -0.2) is 69.3 Å². The Morgan fingerprint density at radius 3 is 2.86 bits per heavy atom. The molecule has 0 bridgehead atoms. The first-order chi connectivity index (χ1) is 6.77. The van der Waals surface area contributed by atoms with Gasteiger partial charge in [-0.3, -0.25) is 4.90 Å². The lowest BCUT2D eigenvalue weighted by Gasteiger charge is -2.29. The third-order valence-corrected chi connectivity index (χ3v) is 2.88. The van der Waals surface area contributed by atoms with Crippen LogP contribution in [0.3, 0.4) is 0 Å². The van der Waals surface area contributed by atoms with Crippen molar-refractivity contribution >= 4 is 0 Å². The van der Waals surface area contributed by atoms with E-state index in [0.29, 0.717) is 6.04 Å². The fraction of sp³-hybridized carbons (Fsp3) is 1.00. The smallest absolute Gasteiger partial charge is 0.0589 e. The van der Waals surface area contributed by atoms with Gasteiger partial charge in [0.15, 0.2) is 0 Å². The van der Waals surface area contributed by atoms with Gasteiger partial charge < -0.3 is 15.4 Å². The summed E-state index contributed by atoms with van der Waals surface area (Å²) in [5, 5.41) is 0. The molecule has 1 atom stereocenters. The number of likely N-dealkylation sites (N-methyl/N-ethyl adjacent to an activating group) is 1. The highest BCUT2D eigenvalue weighted by molar-refractivity contribution is 4.79. The van der Waals surface area contributed by atoms with E-state index in [1.807, 2.05) is 0 Å². The zero-order chi connectivity index (χ0) is 10.4. The molecule has 4 heteroatoms. The summed E-state index contributed by atoms with van der Waals surface area (Å²) < 4.78 is 5.11. The van der Waals surface area contributed by atoms with E-state index < -0.39 is 0 Å². The van der Waals surface area contributed by atoms with Crippen LogP contribution < -0.4 is 5.73 Å². The van der Waals surface area contributed by atoms with Crippen LogP contribution in [-0.2, 0) is 4.74 Å². The average molecular weight is 201 g/mol. The molecule has 1 rings (SSSR count). The minimum Gasteiger partial charge on any atom is -0.383 e. The summed E-state index contributed by atoms with van der Waals surface area (Å²) in [5.74, 6) is 0. The first-order valence-corrected chi connectivity index (χ1v) is 5.39. The quantitative estimate of drug-likeness (QED) is 0.672. The van der Waals surface area contributed by atoms with Crippen LogP contribution in [0.25, 0.3) is 0 Å².